The van der Waals surface area contributed by atoms with E-state index in [-0.39, 0.29) is 5.83 Å². The minimum Gasteiger partial charge on any atom is -0.356 e. The first-order chi connectivity index (χ1) is 8.56. The van der Waals surface area contributed by atoms with Gasteiger partial charge >= 0.3 is 5.56 Å². The third-order valence-corrected chi connectivity index (χ3v) is 2.83. The van der Waals surface area contributed by atoms with E-state index in [1.165, 1.54) is 12.1 Å². The molecule has 1 aliphatic carbocycles. The van der Waals surface area contributed by atoms with Crippen molar-refractivity contribution in [1.82, 2.24) is 10.2 Å². The van der Waals surface area contributed by atoms with E-state index in [1.54, 1.807) is 18.0 Å². The largest absolute Gasteiger partial charge is 0.356 e. The molecule has 1 heterocycles. The summed E-state index contributed by atoms with van der Waals surface area (Å²) in [7, 11) is 1.79. The van der Waals surface area contributed by atoms with Gasteiger partial charge in [-0.2, -0.15) is 0 Å². The highest BCUT2D eigenvalue weighted by Gasteiger charge is 2.10. The highest BCUT2D eigenvalue weighted by molar-refractivity contribution is 5.38. The lowest BCUT2D eigenvalue weighted by atomic mass is 10.0. The second kappa shape index (κ2) is 5.03. The highest BCUT2D eigenvalue weighted by atomic mass is 19.1. The first-order valence-electron chi connectivity index (χ1n) is 5.63. The van der Waals surface area contributed by atoms with Gasteiger partial charge in [-0.15, -0.1) is 0 Å². The summed E-state index contributed by atoms with van der Waals surface area (Å²) in [5.74, 6) is 0.411. The Kier molecular flexibility index (Phi) is 3.45. The zero-order valence-electron chi connectivity index (χ0n) is 10.00. The van der Waals surface area contributed by atoms with Crippen LogP contribution in [0.3, 0.4) is 0 Å². The van der Waals surface area contributed by atoms with Gasteiger partial charge in [0.1, 0.15) is 11.6 Å². The fourth-order valence-electron chi connectivity index (χ4n) is 1.79. The molecule has 2 N–H and O–H groups in total. The van der Waals surface area contributed by atoms with Crippen molar-refractivity contribution >= 4 is 5.82 Å². The lowest BCUT2D eigenvalue weighted by Crippen LogP contribution is -2.31. The third-order valence-electron chi connectivity index (χ3n) is 2.83. The maximum absolute atomic E-state index is 12.8. The number of nitrogens with one attached hydrogen (secondary N) is 2. The van der Waals surface area contributed by atoms with Gasteiger partial charge in [0.05, 0.1) is 0 Å². The number of allylic oxidation sites excluding steroid dienone is 3. The van der Waals surface area contributed by atoms with Crippen LogP contribution in [0.4, 0.5) is 10.2 Å². The van der Waals surface area contributed by atoms with E-state index in [0.717, 1.165) is 5.57 Å². The van der Waals surface area contributed by atoms with E-state index in [0.29, 0.717) is 25.2 Å². The molecule has 0 unspecified atom stereocenters. The van der Waals surface area contributed by atoms with Crippen LogP contribution in [-0.2, 0) is 0 Å². The lowest BCUT2D eigenvalue weighted by molar-refractivity contribution is 0.579. The number of anilines is 1. The summed E-state index contributed by atoms with van der Waals surface area (Å²) in [5.41, 5.74) is -0.181. The molecule has 0 fully saturated rings. The van der Waals surface area contributed by atoms with Gasteiger partial charge in [-0.3, -0.25) is 19.8 Å². The maximum Gasteiger partial charge on any atom is 0.310 e. The SMILES string of the molecule is CN(CC1=CC=C(F)CC1)c1cc(=O)c(=O)[nH][nH]1. The molecule has 0 aromatic carbocycles. The number of halogens is 1. The zero-order valence-corrected chi connectivity index (χ0v) is 10.00. The number of aromatic nitrogens is 2. The summed E-state index contributed by atoms with van der Waals surface area (Å²) in [6.45, 7) is 0.575. The molecule has 0 saturated carbocycles. The Hall–Kier alpha value is -2.11. The second-order valence-electron chi connectivity index (χ2n) is 4.27. The fraction of sp³-hybridized carbons (Fsp3) is 0.333. The Morgan fingerprint density at radius 2 is 2.06 bits per heavy atom. The topological polar surface area (TPSA) is 69.0 Å². The Morgan fingerprint density at radius 1 is 1.28 bits per heavy atom. The van der Waals surface area contributed by atoms with Crippen molar-refractivity contribution in [2.24, 2.45) is 0 Å². The predicted molar refractivity (Wildman–Crippen MR) is 67.5 cm³/mol. The molecule has 0 spiro atoms. The van der Waals surface area contributed by atoms with Crippen molar-refractivity contribution < 1.29 is 4.39 Å². The Bertz CT molecular complexity index is 612. The number of hydrogen-bond donors (Lipinski definition) is 2. The number of hydrogen-bond acceptors (Lipinski definition) is 3. The summed E-state index contributed by atoms with van der Waals surface area (Å²) in [5, 5.41) is 4.91. The molecule has 6 heteroatoms. The van der Waals surface area contributed by atoms with Gasteiger partial charge < -0.3 is 4.90 Å². The first-order valence-corrected chi connectivity index (χ1v) is 5.63. The predicted octanol–water partition coefficient (Wildman–Crippen LogP) is 1.07. The maximum atomic E-state index is 12.8. The van der Waals surface area contributed by atoms with E-state index in [2.05, 4.69) is 10.2 Å². The Morgan fingerprint density at radius 3 is 2.67 bits per heavy atom. The number of likely N-dealkylation sites (N-methyl/N-ethyl adjacent to an activating group) is 1. The molecule has 18 heavy (non-hydrogen) atoms. The van der Waals surface area contributed by atoms with Gasteiger partial charge in [-0.05, 0) is 12.5 Å². The van der Waals surface area contributed by atoms with Crippen LogP contribution >= 0.6 is 0 Å². The molecule has 0 amide bonds. The fourth-order valence-corrected chi connectivity index (χ4v) is 1.79. The minimum atomic E-state index is -0.672. The summed E-state index contributed by atoms with van der Waals surface area (Å²) < 4.78 is 12.8. The van der Waals surface area contributed by atoms with Crippen LogP contribution in [0.25, 0.3) is 0 Å². The average Bonchev–Trinajstić information content (AvgIpc) is 2.35. The normalized spacial score (nSPS) is 15.0. The number of nitrogens with zero attached hydrogens (tertiary/aromatic N) is 1. The first kappa shape index (κ1) is 12.3. The van der Waals surface area contributed by atoms with E-state index in [9.17, 15) is 14.0 Å². The van der Waals surface area contributed by atoms with Crippen LogP contribution in [0.15, 0.2) is 39.2 Å². The molecule has 0 saturated heterocycles. The van der Waals surface area contributed by atoms with Crippen molar-refractivity contribution in [3.8, 4) is 0 Å². The molecule has 0 radical (unpaired) electrons. The van der Waals surface area contributed by atoms with E-state index in [4.69, 9.17) is 0 Å². The van der Waals surface area contributed by atoms with Gasteiger partial charge in [-0.25, -0.2) is 4.39 Å². The van der Waals surface area contributed by atoms with Crippen LogP contribution in [0.5, 0.6) is 0 Å². The van der Waals surface area contributed by atoms with E-state index >= 15 is 0 Å². The smallest absolute Gasteiger partial charge is 0.310 e. The van der Waals surface area contributed by atoms with Crippen molar-refractivity contribution in [3.05, 3.63) is 50.2 Å². The van der Waals surface area contributed by atoms with Crippen molar-refractivity contribution in [2.45, 2.75) is 12.8 Å². The molecule has 0 atom stereocenters. The van der Waals surface area contributed by atoms with Gasteiger partial charge in [0, 0.05) is 26.1 Å². The third kappa shape index (κ3) is 2.77. The average molecular weight is 251 g/mol. The molecule has 1 aromatic heterocycles. The summed E-state index contributed by atoms with van der Waals surface area (Å²) >= 11 is 0. The minimum absolute atomic E-state index is 0.112. The van der Waals surface area contributed by atoms with Crippen LogP contribution in [-0.4, -0.2) is 23.8 Å². The second-order valence-corrected chi connectivity index (χ2v) is 4.27. The molecule has 1 aromatic rings. The summed E-state index contributed by atoms with van der Waals surface area (Å²) in [4.78, 5) is 23.9. The highest BCUT2D eigenvalue weighted by Crippen LogP contribution is 2.20. The molecule has 0 bridgehead atoms. The van der Waals surface area contributed by atoms with Crippen LogP contribution in [0.2, 0.25) is 0 Å². The molecule has 96 valence electrons. The van der Waals surface area contributed by atoms with Gasteiger partial charge in [0.2, 0.25) is 5.43 Å². The van der Waals surface area contributed by atoms with Gasteiger partial charge in [0.15, 0.2) is 0 Å². The molecule has 0 aliphatic heterocycles. The standard InChI is InChI=1S/C12H14FN3O2/c1-16(7-8-2-4-9(13)5-3-8)11-6-10(17)12(18)15-14-11/h2,4,6H,3,5,7H2,1H3,(H,14,17)(H,15,18). The van der Waals surface area contributed by atoms with Crippen molar-refractivity contribution in [1.29, 1.82) is 0 Å². The molecular weight excluding hydrogens is 237 g/mol. The summed E-state index contributed by atoms with van der Waals surface area (Å²) in [6.07, 6.45) is 4.30. The van der Waals surface area contributed by atoms with Crippen LogP contribution < -0.4 is 15.9 Å². The van der Waals surface area contributed by atoms with E-state index in [1.807, 2.05) is 0 Å². The van der Waals surface area contributed by atoms with Crippen molar-refractivity contribution in [2.75, 3.05) is 18.5 Å². The zero-order chi connectivity index (χ0) is 13.1. The number of rotatable bonds is 3. The summed E-state index contributed by atoms with van der Waals surface area (Å²) in [6, 6.07) is 1.25. The van der Waals surface area contributed by atoms with E-state index < -0.39 is 11.0 Å². The number of H-pyrrole nitrogens is 2. The molecule has 1 aliphatic rings. The monoisotopic (exact) mass is 251 g/mol. The lowest BCUT2D eigenvalue weighted by Gasteiger charge is -2.21. The Balaban J connectivity index is 2.12. The molecular formula is C12H14FN3O2. The molecule has 2 rings (SSSR count). The van der Waals surface area contributed by atoms with Crippen LogP contribution in [0, 0.1) is 0 Å². The van der Waals surface area contributed by atoms with Crippen molar-refractivity contribution in [3.63, 3.8) is 0 Å². The Labute approximate surface area is 103 Å². The quantitative estimate of drug-likeness (QED) is 0.790. The van der Waals surface area contributed by atoms with Crippen LogP contribution in [0.1, 0.15) is 12.8 Å². The molecule has 5 nitrogen and oxygen atoms in total. The number of aromatic amines is 2. The van der Waals surface area contributed by atoms with Gasteiger partial charge in [0.25, 0.3) is 0 Å². The van der Waals surface area contributed by atoms with Gasteiger partial charge in [-0.1, -0.05) is 11.6 Å².